The van der Waals surface area contributed by atoms with E-state index in [-0.39, 0.29) is 5.91 Å². The van der Waals surface area contributed by atoms with Crippen molar-refractivity contribution < 1.29 is 19.0 Å². The lowest BCUT2D eigenvalue weighted by molar-refractivity contribution is -0.129. The number of hydrogen-bond acceptors (Lipinski definition) is 4. The molecule has 0 saturated heterocycles. The number of carbonyl (C=O) groups is 1. The van der Waals surface area contributed by atoms with E-state index in [1.807, 2.05) is 24.4 Å². The number of halogens is 2. The maximum atomic E-state index is 12.6. The number of H-pyrrole nitrogens is 1. The normalized spacial score (nSPS) is 11.0. The van der Waals surface area contributed by atoms with E-state index in [1.165, 1.54) is 0 Å². The Morgan fingerprint density at radius 3 is 2.57 bits per heavy atom. The highest BCUT2D eigenvalue weighted by molar-refractivity contribution is 6.53. The number of nitrogens with one attached hydrogen (secondary N) is 1. The van der Waals surface area contributed by atoms with Crippen molar-refractivity contribution in [1.82, 2.24) is 9.88 Å². The molecule has 8 heteroatoms. The fraction of sp³-hybridized carbons (Fsp3) is 0.318. The third kappa shape index (κ3) is 5.97. The zero-order valence-corrected chi connectivity index (χ0v) is 18.8. The number of alkyl halides is 2. The lowest BCUT2D eigenvalue weighted by Crippen LogP contribution is -2.36. The number of hydrogen-bond donors (Lipinski definition) is 1. The maximum absolute atomic E-state index is 12.6. The fourth-order valence-electron chi connectivity index (χ4n) is 3.06. The van der Waals surface area contributed by atoms with Crippen molar-refractivity contribution in [3.63, 3.8) is 0 Å². The van der Waals surface area contributed by atoms with Gasteiger partial charge in [-0.25, -0.2) is 0 Å². The van der Waals surface area contributed by atoms with E-state index in [1.54, 1.807) is 44.6 Å². The van der Waals surface area contributed by atoms with E-state index in [2.05, 4.69) is 11.6 Å². The van der Waals surface area contributed by atoms with Crippen molar-refractivity contribution >= 4 is 41.3 Å². The Morgan fingerprint density at radius 2 is 1.97 bits per heavy atom. The molecule has 0 radical (unpaired) electrons. The van der Waals surface area contributed by atoms with Crippen LogP contribution in [0.2, 0.25) is 0 Å². The van der Waals surface area contributed by atoms with Crippen molar-refractivity contribution in [3.05, 3.63) is 59.6 Å². The summed E-state index contributed by atoms with van der Waals surface area (Å²) in [5, 5.41) is 0. The molecule has 0 aliphatic carbocycles. The summed E-state index contributed by atoms with van der Waals surface area (Å²) in [4.78, 5) is 16.3. The van der Waals surface area contributed by atoms with Gasteiger partial charge in [0.15, 0.2) is 16.3 Å². The molecule has 162 valence electrons. The highest BCUT2D eigenvalue weighted by Crippen LogP contribution is 2.28. The number of nitrogens with zero attached hydrogens (tertiary/aromatic N) is 1. The topological polar surface area (TPSA) is 63.8 Å². The molecule has 2 rings (SSSR count). The number of carbonyl (C=O) groups excluding carboxylic acids is 1. The lowest BCUT2D eigenvalue weighted by Gasteiger charge is -2.24. The number of aromatic nitrogens is 1. The van der Waals surface area contributed by atoms with Crippen molar-refractivity contribution in [3.8, 4) is 11.5 Å². The van der Waals surface area contributed by atoms with Crippen LogP contribution >= 0.6 is 23.2 Å². The van der Waals surface area contributed by atoms with Gasteiger partial charge in [-0.1, -0.05) is 35.8 Å². The van der Waals surface area contributed by atoms with Gasteiger partial charge >= 0.3 is 0 Å². The molecule has 0 atom stereocenters. The van der Waals surface area contributed by atoms with Crippen LogP contribution in [0.15, 0.2) is 37.2 Å². The molecule has 1 N–H and O–H groups in total. The maximum Gasteiger partial charge on any atom is 0.256 e. The second-order valence-electron chi connectivity index (χ2n) is 6.38. The van der Waals surface area contributed by atoms with Gasteiger partial charge in [-0.2, -0.15) is 0 Å². The Balaban J connectivity index is 2.23. The molecular weight excluding hydrogens is 427 g/mol. The molecule has 0 aliphatic heterocycles. The van der Waals surface area contributed by atoms with E-state index in [0.717, 1.165) is 22.4 Å². The molecule has 1 heterocycles. The van der Waals surface area contributed by atoms with Crippen LogP contribution in [0.3, 0.4) is 0 Å². The van der Waals surface area contributed by atoms with Crippen LogP contribution in [-0.2, 0) is 22.5 Å². The van der Waals surface area contributed by atoms with Gasteiger partial charge in [0, 0.05) is 30.5 Å². The number of methoxy groups -OCH3 is 3. The average molecular weight is 453 g/mol. The fourth-order valence-corrected chi connectivity index (χ4v) is 3.34. The summed E-state index contributed by atoms with van der Waals surface area (Å²) < 4.78 is 15.7. The molecule has 6 nitrogen and oxygen atoms in total. The summed E-state index contributed by atoms with van der Waals surface area (Å²) in [7, 11) is 4.72. The summed E-state index contributed by atoms with van der Waals surface area (Å²) >= 11 is 11.8. The first-order chi connectivity index (χ1) is 14.4. The third-order valence-corrected chi connectivity index (χ3v) is 4.96. The van der Waals surface area contributed by atoms with Gasteiger partial charge in [0.25, 0.3) is 5.91 Å². The van der Waals surface area contributed by atoms with Crippen LogP contribution in [0.4, 0.5) is 0 Å². The first kappa shape index (κ1) is 23.7. The van der Waals surface area contributed by atoms with Crippen LogP contribution in [0.25, 0.3) is 12.2 Å². The molecule has 0 unspecified atom stereocenters. The molecular formula is C22H26Cl2N2O4. The molecule has 1 amide bonds. The van der Waals surface area contributed by atoms with E-state index < -0.39 is 4.84 Å². The number of ether oxygens (including phenoxy) is 3. The van der Waals surface area contributed by atoms with Gasteiger partial charge in [0.2, 0.25) is 0 Å². The first-order valence-corrected chi connectivity index (χ1v) is 10.1. The Hall–Kier alpha value is -2.57. The molecule has 1 aromatic heterocycles. The average Bonchev–Trinajstić information content (AvgIpc) is 3.15. The number of aromatic amines is 1. The van der Waals surface area contributed by atoms with Crippen LogP contribution < -0.4 is 9.47 Å². The lowest BCUT2D eigenvalue weighted by atomic mass is 10.1. The van der Waals surface area contributed by atoms with E-state index in [0.29, 0.717) is 31.0 Å². The molecule has 0 aliphatic rings. The summed E-state index contributed by atoms with van der Waals surface area (Å²) in [6.45, 7) is 4.57. The van der Waals surface area contributed by atoms with E-state index in [9.17, 15) is 4.79 Å². The van der Waals surface area contributed by atoms with Crippen LogP contribution in [0.1, 0.15) is 22.4 Å². The minimum atomic E-state index is -1.15. The molecule has 30 heavy (non-hydrogen) atoms. The summed E-state index contributed by atoms with van der Waals surface area (Å²) in [5.41, 5.74) is 3.72. The number of rotatable bonds is 11. The van der Waals surface area contributed by atoms with Crippen LogP contribution in [0.5, 0.6) is 11.5 Å². The summed E-state index contributed by atoms with van der Waals surface area (Å²) in [6, 6.07) is 5.50. The molecule has 0 bridgehead atoms. The Kier molecular flexibility index (Phi) is 9.15. The highest BCUT2D eigenvalue weighted by atomic mass is 35.5. The molecule has 0 fully saturated rings. The Labute approximate surface area is 187 Å². The molecule has 1 aromatic carbocycles. The molecule has 0 saturated carbocycles. The molecule has 2 aromatic rings. The number of amides is 1. The zero-order chi connectivity index (χ0) is 22.1. The monoisotopic (exact) mass is 452 g/mol. The van der Waals surface area contributed by atoms with Crippen LogP contribution in [-0.4, -0.2) is 48.5 Å². The second-order valence-corrected chi connectivity index (χ2v) is 7.48. The predicted molar refractivity (Wildman–Crippen MR) is 121 cm³/mol. The quantitative estimate of drug-likeness (QED) is 0.397. The SMILES string of the molecule is C=Cc1[nH]cc(CCN(Cc2ccc(OC)c(OC)c2)C(=O)C(Cl)Cl)c1/C=C/OC. The predicted octanol–water partition coefficient (Wildman–Crippen LogP) is 4.67. The Bertz CT molecular complexity index is 893. The van der Waals surface area contributed by atoms with E-state index >= 15 is 0 Å². The van der Waals surface area contributed by atoms with Crippen LogP contribution in [0, 0.1) is 0 Å². The minimum absolute atomic E-state index is 0.330. The standard InChI is InChI=1S/C22H26Cl2N2O4/c1-5-18-17(9-11-28-2)16(13-25-18)8-10-26(22(27)21(23)24)14-15-6-7-19(29-3)20(12-15)30-4/h5-7,9,11-13,21,25H,1,8,10,14H2,2-4H3/b11-9+. The second kappa shape index (κ2) is 11.6. The summed E-state index contributed by atoms with van der Waals surface area (Å²) in [6.07, 6.45) is 7.67. The number of benzene rings is 1. The third-order valence-electron chi connectivity index (χ3n) is 4.58. The van der Waals surface area contributed by atoms with Crippen molar-refractivity contribution in [1.29, 1.82) is 0 Å². The van der Waals surface area contributed by atoms with Gasteiger partial charge < -0.3 is 24.1 Å². The minimum Gasteiger partial charge on any atom is -0.504 e. The van der Waals surface area contributed by atoms with Gasteiger partial charge in [-0.15, -0.1) is 0 Å². The molecule has 0 spiro atoms. The van der Waals surface area contributed by atoms with E-state index in [4.69, 9.17) is 37.4 Å². The van der Waals surface area contributed by atoms with Crippen molar-refractivity contribution in [2.75, 3.05) is 27.9 Å². The van der Waals surface area contributed by atoms with Gasteiger partial charge in [-0.05, 0) is 41.8 Å². The van der Waals surface area contributed by atoms with Crippen molar-refractivity contribution in [2.24, 2.45) is 0 Å². The largest absolute Gasteiger partial charge is 0.504 e. The van der Waals surface area contributed by atoms with Gasteiger partial charge in [-0.3, -0.25) is 4.79 Å². The Morgan fingerprint density at radius 1 is 1.23 bits per heavy atom. The van der Waals surface area contributed by atoms with Crippen molar-refractivity contribution in [2.45, 2.75) is 17.8 Å². The highest BCUT2D eigenvalue weighted by Gasteiger charge is 2.22. The smallest absolute Gasteiger partial charge is 0.256 e. The zero-order valence-electron chi connectivity index (χ0n) is 17.3. The van der Waals surface area contributed by atoms with Gasteiger partial charge in [0.1, 0.15) is 0 Å². The van der Waals surface area contributed by atoms with Gasteiger partial charge in [0.05, 0.1) is 27.6 Å². The summed E-state index contributed by atoms with van der Waals surface area (Å²) in [5.74, 6) is 0.844. The first-order valence-electron chi connectivity index (χ1n) is 9.25.